The lowest BCUT2D eigenvalue weighted by molar-refractivity contribution is -0.162. The van der Waals surface area contributed by atoms with E-state index in [2.05, 4.69) is 11.1 Å². The van der Waals surface area contributed by atoms with Crippen LogP contribution >= 0.6 is 0 Å². The van der Waals surface area contributed by atoms with Gasteiger partial charge in [-0.1, -0.05) is 6.07 Å². The number of aromatic nitrogens is 1. The number of Topliss-reactive ketones (excluding diaryl/α,β-unsaturated/α-hetero) is 1. The summed E-state index contributed by atoms with van der Waals surface area (Å²) in [6.45, 7) is 1.52. The highest BCUT2D eigenvalue weighted by Crippen LogP contribution is 2.14. The van der Waals surface area contributed by atoms with Crippen LogP contribution in [0.1, 0.15) is 56.9 Å². The van der Waals surface area contributed by atoms with Gasteiger partial charge in [-0.2, -0.15) is 0 Å². The van der Waals surface area contributed by atoms with E-state index in [1.54, 1.807) is 6.20 Å². The van der Waals surface area contributed by atoms with E-state index in [4.69, 9.17) is 9.47 Å². The van der Waals surface area contributed by atoms with Crippen molar-refractivity contribution in [2.24, 2.45) is 0 Å². The van der Waals surface area contributed by atoms with Gasteiger partial charge in [0, 0.05) is 38.4 Å². The third-order valence-corrected chi connectivity index (χ3v) is 3.94. The first-order valence-corrected chi connectivity index (χ1v) is 8.48. The van der Waals surface area contributed by atoms with Crippen molar-refractivity contribution in [1.82, 2.24) is 4.98 Å². The van der Waals surface area contributed by atoms with E-state index in [9.17, 15) is 4.79 Å². The third kappa shape index (κ3) is 7.14. The molecule has 4 heteroatoms. The number of carbonyl (C=O) groups excluding carboxylic acids is 1. The van der Waals surface area contributed by atoms with E-state index in [-0.39, 0.29) is 6.29 Å². The van der Waals surface area contributed by atoms with Crippen molar-refractivity contribution in [3.63, 3.8) is 0 Å². The number of ketones is 1. The first kappa shape index (κ1) is 17.1. The molecule has 4 nitrogen and oxygen atoms in total. The summed E-state index contributed by atoms with van der Waals surface area (Å²) in [6, 6.07) is 4.00. The van der Waals surface area contributed by atoms with Crippen LogP contribution < -0.4 is 0 Å². The van der Waals surface area contributed by atoms with Crippen LogP contribution in [0.15, 0.2) is 24.5 Å². The molecule has 2 rings (SSSR count). The molecule has 0 amide bonds. The van der Waals surface area contributed by atoms with E-state index in [1.807, 2.05) is 12.3 Å². The average molecular weight is 305 g/mol. The Kier molecular flexibility index (Phi) is 8.13. The van der Waals surface area contributed by atoms with Crippen LogP contribution in [-0.2, 0) is 20.7 Å². The summed E-state index contributed by atoms with van der Waals surface area (Å²) in [5, 5.41) is 0. The lowest BCUT2D eigenvalue weighted by atomic mass is 10.1. The van der Waals surface area contributed by atoms with E-state index < -0.39 is 0 Å². The zero-order valence-electron chi connectivity index (χ0n) is 13.3. The van der Waals surface area contributed by atoms with Crippen molar-refractivity contribution in [2.75, 3.05) is 13.2 Å². The van der Waals surface area contributed by atoms with Gasteiger partial charge in [-0.05, 0) is 56.6 Å². The highest BCUT2D eigenvalue weighted by molar-refractivity contribution is 5.78. The second kappa shape index (κ2) is 10.5. The van der Waals surface area contributed by atoms with Crippen LogP contribution in [0.25, 0.3) is 0 Å². The van der Waals surface area contributed by atoms with Crippen molar-refractivity contribution in [3.8, 4) is 0 Å². The van der Waals surface area contributed by atoms with Crippen molar-refractivity contribution in [1.29, 1.82) is 0 Å². The van der Waals surface area contributed by atoms with Crippen molar-refractivity contribution < 1.29 is 14.3 Å². The van der Waals surface area contributed by atoms with Gasteiger partial charge in [0.25, 0.3) is 0 Å². The predicted octanol–water partition coefficient (Wildman–Crippen LogP) is 3.69. The summed E-state index contributed by atoms with van der Waals surface area (Å²) >= 11 is 0. The van der Waals surface area contributed by atoms with Crippen LogP contribution in [0.4, 0.5) is 0 Å². The quantitative estimate of drug-likeness (QED) is 0.619. The largest absolute Gasteiger partial charge is 0.353 e. The number of aryl methyl sites for hydroxylation is 1. The Morgan fingerprint density at radius 1 is 1.27 bits per heavy atom. The number of carbonyl (C=O) groups is 1. The van der Waals surface area contributed by atoms with Gasteiger partial charge < -0.3 is 9.47 Å². The Bertz CT molecular complexity index is 416. The Morgan fingerprint density at radius 3 is 2.95 bits per heavy atom. The molecule has 0 bridgehead atoms. The molecule has 1 unspecified atom stereocenters. The number of ether oxygens (including phenoxy) is 2. The van der Waals surface area contributed by atoms with Gasteiger partial charge in [-0.15, -0.1) is 0 Å². The van der Waals surface area contributed by atoms with E-state index in [1.165, 1.54) is 12.0 Å². The highest BCUT2D eigenvalue weighted by Gasteiger charge is 2.13. The predicted molar refractivity (Wildman–Crippen MR) is 85.6 cm³/mol. The van der Waals surface area contributed by atoms with Crippen LogP contribution in [0, 0.1) is 0 Å². The monoisotopic (exact) mass is 305 g/mol. The summed E-state index contributed by atoms with van der Waals surface area (Å²) in [5.41, 5.74) is 1.20. The Morgan fingerprint density at radius 2 is 2.18 bits per heavy atom. The van der Waals surface area contributed by atoms with Gasteiger partial charge >= 0.3 is 0 Å². The summed E-state index contributed by atoms with van der Waals surface area (Å²) in [4.78, 5) is 15.9. The van der Waals surface area contributed by atoms with Gasteiger partial charge in [-0.25, -0.2) is 0 Å². The van der Waals surface area contributed by atoms with E-state index in [0.29, 0.717) is 25.2 Å². The maximum absolute atomic E-state index is 11.8. The van der Waals surface area contributed by atoms with Crippen LogP contribution in [0.5, 0.6) is 0 Å². The molecule has 1 aliphatic rings. The molecule has 1 saturated heterocycles. The van der Waals surface area contributed by atoms with Gasteiger partial charge in [0.15, 0.2) is 6.29 Å². The molecule has 0 spiro atoms. The molecule has 2 heterocycles. The normalized spacial score (nSPS) is 18.3. The second-order valence-electron chi connectivity index (χ2n) is 5.88. The zero-order chi connectivity index (χ0) is 15.5. The second-order valence-corrected chi connectivity index (χ2v) is 5.88. The summed E-state index contributed by atoms with van der Waals surface area (Å²) < 4.78 is 11.2. The molecule has 22 heavy (non-hydrogen) atoms. The summed E-state index contributed by atoms with van der Waals surface area (Å²) in [7, 11) is 0. The van der Waals surface area contributed by atoms with E-state index in [0.717, 1.165) is 45.1 Å². The number of hydrogen-bond acceptors (Lipinski definition) is 4. The average Bonchev–Trinajstić information content (AvgIpc) is 2.56. The number of nitrogens with zero attached hydrogens (tertiary/aromatic N) is 1. The fourth-order valence-corrected chi connectivity index (χ4v) is 2.64. The molecule has 1 aliphatic heterocycles. The minimum absolute atomic E-state index is 0.0102. The SMILES string of the molecule is O=C(CCCCOC1CCCCO1)CCCc1cccnc1. The number of rotatable bonds is 10. The van der Waals surface area contributed by atoms with Crippen LogP contribution in [-0.4, -0.2) is 30.3 Å². The first-order chi connectivity index (χ1) is 10.8. The van der Waals surface area contributed by atoms with Crippen molar-refractivity contribution >= 4 is 5.78 Å². The molecule has 1 aromatic heterocycles. The third-order valence-electron chi connectivity index (χ3n) is 3.94. The maximum Gasteiger partial charge on any atom is 0.157 e. The molecule has 0 saturated carbocycles. The minimum atomic E-state index is -0.0102. The van der Waals surface area contributed by atoms with Gasteiger partial charge in [0.2, 0.25) is 0 Å². The zero-order valence-corrected chi connectivity index (χ0v) is 13.3. The molecule has 1 atom stereocenters. The Hall–Kier alpha value is -1.26. The molecule has 1 aromatic rings. The van der Waals surface area contributed by atoms with Crippen molar-refractivity contribution in [2.45, 2.75) is 64.1 Å². The molecule has 0 radical (unpaired) electrons. The fraction of sp³-hybridized carbons (Fsp3) is 0.667. The lowest BCUT2D eigenvalue weighted by Crippen LogP contribution is -2.22. The van der Waals surface area contributed by atoms with Gasteiger partial charge in [-0.3, -0.25) is 9.78 Å². The molecule has 0 N–H and O–H groups in total. The number of hydrogen-bond donors (Lipinski definition) is 0. The molecular weight excluding hydrogens is 278 g/mol. The Balaban J connectivity index is 1.44. The minimum Gasteiger partial charge on any atom is -0.353 e. The first-order valence-electron chi connectivity index (χ1n) is 8.48. The lowest BCUT2D eigenvalue weighted by Gasteiger charge is -2.22. The number of pyridine rings is 1. The summed E-state index contributed by atoms with van der Waals surface area (Å²) in [6.07, 6.45) is 12.0. The smallest absolute Gasteiger partial charge is 0.157 e. The van der Waals surface area contributed by atoms with Gasteiger partial charge in [0.1, 0.15) is 5.78 Å². The standard InChI is InChI=1S/C18H27NO3/c20-17(10-5-7-16-8-6-12-19-15-16)9-1-3-13-21-18-11-2-4-14-22-18/h6,8,12,15,18H,1-5,7,9-11,13-14H2. The fourth-order valence-electron chi connectivity index (χ4n) is 2.64. The molecular formula is C18H27NO3. The van der Waals surface area contributed by atoms with Crippen molar-refractivity contribution in [3.05, 3.63) is 30.1 Å². The number of unbranched alkanes of at least 4 members (excludes halogenated alkanes) is 1. The Labute approximate surface area is 133 Å². The molecule has 122 valence electrons. The topological polar surface area (TPSA) is 48.4 Å². The maximum atomic E-state index is 11.8. The van der Waals surface area contributed by atoms with Crippen LogP contribution in [0.2, 0.25) is 0 Å². The van der Waals surface area contributed by atoms with Crippen LogP contribution in [0.3, 0.4) is 0 Å². The van der Waals surface area contributed by atoms with Gasteiger partial charge in [0.05, 0.1) is 0 Å². The molecule has 0 aliphatic carbocycles. The molecule has 0 aromatic carbocycles. The highest BCUT2D eigenvalue weighted by atomic mass is 16.7. The molecule has 1 fully saturated rings. The van der Waals surface area contributed by atoms with E-state index >= 15 is 0 Å². The summed E-state index contributed by atoms with van der Waals surface area (Å²) in [5.74, 6) is 0.359.